The van der Waals surface area contributed by atoms with Crippen molar-refractivity contribution in [2.75, 3.05) is 5.32 Å². The summed E-state index contributed by atoms with van der Waals surface area (Å²) in [5.74, 6) is -1.04. The number of aromatic nitrogens is 1. The molecule has 0 aliphatic heterocycles. The minimum absolute atomic E-state index is 0.0352. The molecule has 1 heterocycles. The molecule has 0 spiro atoms. The van der Waals surface area contributed by atoms with Gasteiger partial charge in [0.1, 0.15) is 11.4 Å². The molecule has 3 aromatic rings. The van der Waals surface area contributed by atoms with Crippen LogP contribution in [0, 0.1) is 6.92 Å². The van der Waals surface area contributed by atoms with Gasteiger partial charge in [0, 0.05) is 11.2 Å². The molecular weight excluding hydrogens is 434 g/mol. The quantitative estimate of drug-likeness (QED) is 0.430. The fourth-order valence-electron chi connectivity index (χ4n) is 3.21. The first-order valence-electron chi connectivity index (χ1n) is 9.76. The van der Waals surface area contributed by atoms with Gasteiger partial charge in [0.25, 0.3) is 5.56 Å². The van der Waals surface area contributed by atoms with Crippen LogP contribution in [0.5, 0.6) is 5.75 Å². The van der Waals surface area contributed by atoms with E-state index in [-0.39, 0.29) is 24.4 Å². The summed E-state index contributed by atoms with van der Waals surface area (Å²) in [5.41, 5.74) is 1.42. The fourth-order valence-corrected chi connectivity index (χ4v) is 3.40. The molecule has 0 aliphatic carbocycles. The summed E-state index contributed by atoms with van der Waals surface area (Å²) in [5, 5.41) is 24.5. The predicted molar refractivity (Wildman–Crippen MR) is 121 cm³/mol. The lowest BCUT2D eigenvalue weighted by Crippen LogP contribution is -2.36. The van der Waals surface area contributed by atoms with Crippen LogP contribution in [0.15, 0.2) is 65.6 Å². The first-order valence-corrected chi connectivity index (χ1v) is 10.1. The number of urea groups is 1. The van der Waals surface area contributed by atoms with E-state index in [1.165, 1.54) is 22.8 Å². The number of carbonyl (C=O) groups excluding carboxylic acids is 1. The third kappa shape index (κ3) is 5.67. The summed E-state index contributed by atoms with van der Waals surface area (Å²) < 4.78 is 1.41. The van der Waals surface area contributed by atoms with Crippen molar-refractivity contribution >= 4 is 29.3 Å². The summed E-state index contributed by atoms with van der Waals surface area (Å²) in [6, 6.07) is 13.2. The van der Waals surface area contributed by atoms with Gasteiger partial charge in [0.15, 0.2) is 0 Å². The van der Waals surface area contributed by atoms with Gasteiger partial charge in [-0.3, -0.25) is 9.59 Å². The van der Waals surface area contributed by atoms with Crippen LogP contribution in [0.4, 0.5) is 10.5 Å². The molecule has 9 heteroatoms. The lowest BCUT2D eigenvalue weighted by atomic mass is 10.0. The van der Waals surface area contributed by atoms with E-state index in [1.54, 1.807) is 43.5 Å². The van der Waals surface area contributed by atoms with Gasteiger partial charge in [-0.05, 0) is 47.9 Å². The van der Waals surface area contributed by atoms with Gasteiger partial charge >= 0.3 is 12.0 Å². The number of halogens is 1. The molecule has 1 aromatic heterocycles. The Morgan fingerprint density at radius 2 is 1.88 bits per heavy atom. The van der Waals surface area contributed by atoms with Crippen LogP contribution in [-0.4, -0.2) is 26.8 Å². The molecule has 0 aliphatic rings. The number of aliphatic carboxylic acids is 1. The summed E-state index contributed by atoms with van der Waals surface area (Å²) in [6.45, 7) is 1.90. The molecule has 4 N–H and O–H groups in total. The standard InChI is InChI=1S/C23H22ClN3O5/c1-14-11-15(8-9-20(14)28)19(12-21(29)30)26-23(32)25-18-7-4-10-27(22(18)31)13-16-5-2-3-6-17(16)24/h2-11,19,28H,12-13H2,1H3,(H,29,30)(H2,25,26,32)/t19-/m0/s1. The molecule has 32 heavy (non-hydrogen) atoms. The van der Waals surface area contributed by atoms with Gasteiger partial charge in [-0.2, -0.15) is 0 Å². The van der Waals surface area contributed by atoms with Crippen LogP contribution < -0.4 is 16.2 Å². The number of pyridine rings is 1. The van der Waals surface area contributed by atoms with Crippen LogP contribution in [0.2, 0.25) is 5.02 Å². The monoisotopic (exact) mass is 455 g/mol. The Kier molecular flexibility index (Phi) is 7.17. The average molecular weight is 456 g/mol. The highest BCUT2D eigenvalue weighted by atomic mass is 35.5. The normalized spacial score (nSPS) is 11.6. The van der Waals surface area contributed by atoms with Crippen molar-refractivity contribution in [1.82, 2.24) is 9.88 Å². The molecule has 0 saturated carbocycles. The van der Waals surface area contributed by atoms with Crippen LogP contribution in [0.1, 0.15) is 29.2 Å². The highest BCUT2D eigenvalue weighted by molar-refractivity contribution is 6.31. The molecule has 2 aromatic carbocycles. The zero-order valence-electron chi connectivity index (χ0n) is 17.2. The van der Waals surface area contributed by atoms with Gasteiger partial charge in [0.2, 0.25) is 0 Å². The number of phenolic OH excluding ortho intramolecular Hbond substituents is 1. The topological polar surface area (TPSA) is 121 Å². The van der Waals surface area contributed by atoms with Crippen LogP contribution in [0.3, 0.4) is 0 Å². The zero-order chi connectivity index (χ0) is 23.3. The second-order valence-electron chi connectivity index (χ2n) is 7.24. The Labute approximate surface area is 189 Å². The van der Waals surface area contributed by atoms with Crippen molar-refractivity contribution in [1.29, 1.82) is 0 Å². The molecule has 8 nitrogen and oxygen atoms in total. The second-order valence-corrected chi connectivity index (χ2v) is 7.65. The Bertz CT molecular complexity index is 1210. The molecule has 3 rings (SSSR count). The number of benzene rings is 2. The van der Waals surface area contributed by atoms with Crippen molar-refractivity contribution in [3.63, 3.8) is 0 Å². The summed E-state index contributed by atoms with van der Waals surface area (Å²) in [7, 11) is 0. The van der Waals surface area contributed by atoms with Gasteiger partial charge in [-0.15, -0.1) is 0 Å². The van der Waals surface area contributed by atoms with E-state index < -0.39 is 23.6 Å². The van der Waals surface area contributed by atoms with E-state index in [2.05, 4.69) is 10.6 Å². The third-order valence-corrected chi connectivity index (χ3v) is 5.24. The number of amides is 2. The van der Waals surface area contributed by atoms with Gasteiger partial charge < -0.3 is 25.4 Å². The molecule has 0 fully saturated rings. The molecule has 1 atom stereocenters. The number of carboxylic acid groups (broad SMARTS) is 1. The van der Waals surface area contributed by atoms with Crippen LogP contribution in [0.25, 0.3) is 0 Å². The number of hydrogen-bond acceptors (Lipinski definition) is 4. The van der Waals surface area contributed by atoms with Gasteiger partial charge in [-0.25, -0.2) is 4.79 Å². The van der Waals surface area contributed by atoms with Crippen LogP contribution in [-0.2, 0) is 11.3 Å². The maximum Gasteiger partial charge on any atom is 0.319 e. The lowest BCUT2D eigenvalue weighted by molar-refractivity contribution is -0.137. The highest BCUT2D eigenvalue weighted by Gasteiger charge is 2.20. The third-order valence-electron chi connectivity index (χ3n) is 4.87. The average Bonchev–Trinajstić information content (AvgIpc) is 2.73. The fraction of sp³-hybridized carbons (Fsp3) is 0.174. The smallest absolute Gasteiger partial charge is 0.319 e. The molecule has 2 amide bonds. The number of carboxylic acids is 1. The lowest BCUT2D eigenvalue weighted by Gasteiger charge is -2.19. The van der Waals surface area contributed by atoms with Crippen molar-refractivity contribution in [2.24, 2.45) is 0 Å². The number of nitrogens with zero attached hydrogens (tertiary/aromatic N) is 1. The molecule has 0 bridgehead atoms. The molecule has 166 valence electrons. The summed E-state index contributed by atoms with van der Waals surface area (Å²) >= 11 is 6.17. The summed E-state index contributed by atoms with van der Waals surface area (Å²) in [4.78, 5) is 36.7. The summed E-state index contributed by atoms with van der Waals surface area (Å²) in [6.07, 6.45) is 1.21. The minimum Gasteiger partial charge on any atom is -0.508 e. The largest absolute Gasteiger partial charge is 0.508 e. The van der Waals surface area contributed by atoms with Crippen molar-refractivity contribution < 1.29 is 19.8 Å². The van der Waals surface area contributed by atoms with E-state index in [9.17, 15) is 24.6 Å². The van der Waals surface area contributed by atoms with Crippen molar-refractivity contribution in [2.45, 2.75) is 25.9 Å². The first kappa shape index (κ1) is 22.9. The maximum atomic E-state index is 12.8. The van der Waals surface area contributed by atoms with Gasteiger partial charge in [-0.1, -0.05) is 41.9 Å². The number of phenols is 1. The minimum atomic E-state index is -1.11. The number of anilines is 1. The van der Waals surface area contributed by atoms with Crippen molar-refractivity contribution in [3.8, 4) is 5.75 Å². The van der Waals surface area contributed by atoms with E-state index in [1.807, 2.05) is 6.07 Å². The Morgan fingerprint density at radius 1 is 1.12 bits per heavy atom. The molecule has 0 radical (unpaired) electrons. The number of aromatic hydroxyl groups is 1. The maximum absolute atomic E-state index is 12.8. The van der Waals surface area contributed by atoms with Gasteiger partial charge in [0.05, 0.1) is 19.0 Å². The number of carbonyl (C=O) groups is 2. The van der Waals surface area contributed by atoms with E-state index in [0.717, 1.165) is 5.56 Å². The van der Waals surface area contributed by atoms with E-state index in [4.69, 9.17) is 11.6 Å². The molecule has 0 unspecified atom stereocenters. The van der Waals surface area contributed by atoms with Crippen molar-refractivity contribution in [3.05, 3.63) is 92.9 Å². The van der Waals surface area contributed by atoms with E-state index >= 15 is 0 Å². The number of nitrogens with one attached hydrogen (secondary N) is 2. The number of aryl methyl sites for hydroxylation is 1. The SMILES string of the molecule is Cc1cc([C@H](CC(=O)O)NC(=O)Nc2cccn(Cc3ccccc3Cl)c2=O)ccc1O. The second kappa shape index (κ2) is 10.0. The Hall–Kier alpha value is -3.78. The Morgan fingerprint density at radius 3 is 2.56 bits per heavy atom. The first-order chi connectivity index (χ1) is 15.2. The zero-order valence-corrected chi connectivity index (χ0v) is 18.0. The predicted octanol–water partition coefficient (Wildman–Crippen LogP) is 3.90. The van der Waals surface area contributed by atoms with E-state index in [0.29, 0.717) is 16.1 Å². The Balaban J connectivity index is 1.78. The number of hydrogen-bond donors (Lipinski definition) is 4. The van der Waals surface area contributed by atoms with Crippen LogP contribution >= 0.6 is 11.6 Å². The molecular formula is C23H22ClN3O5. The number of rotatable bonds is 7. The highest BCUT2D eigenvalue weighted by Crippen LogP contribution is 2.24. The molecule has 0 saturated heterocycles.